The topological polar surface area (TPSA) is 38.9 Å². The zero-order valence-corrected chi connectivity index (χ0v) is 7.35. The maximum Gasteiger partial charge on any atom is 0.151 e. The van der Waals surface area contributed by atoms with Gasteiger partial charge in [0.05, 0.1) is 6.20 Å². The number of rotatable bonds is 0. The molecule has 1 aromatic heterocycles. The summed E-state index contributed by atoms with van der Waals surface area (Å²) in [4.78, 5) is 3.68. The fraction of sp³-hybridized carbons (Fsp3) is 0. The van der Waals surface area contributed by atoms with Crippen LogP contribution in [0.25, 0.3) is 10.8 Å². The minimum absolute atomic E-state index is 0.267. The van der Waals surface area contributed by atoms with Crippen molar-refractivity contribution in [1.82, 2.24) is 4.98 Å². The van der Waals surface area contributed by atoms with E-state index in [4.69, 9.17) is 17.3 Å². The monoisotopic (exact) mass is 196 g/mol. The third-order valence-corrected chi connectivity index (χ3v) is 2.15. The average Bonchev–Trinajstić information content (AvgIpc) is 2.12. The van der Waals surface area contributed by atoms with Crippen molar-refractivity contribution in [2.75, 3.05) is 5.73 Å². The lowest BCUT2D eigenvalue weighted by Crippen LogP contribution is -1.91. The van der Waals surface area contributed by atoms with Crippen molar-refractivity contribution in [3.05, 3.63) is 35.4 Å². The minimum atomic E-state index is -0.447. The zero-order chi connectivity index (χ0) is 9.42. The third kappa shape index (κ3) is 1.21. The van der Waals surface area contributed by atoms with Crippen LogP contribution in [-0.4, -0.2) is 4.98 Å². The molecule has 0 amide bonds. The van der Waals surface area contributed by atoms with Gasteiger partial charge in [-0.3, -0.25) is 0 Å². The first-order valence-corrected chi connectivity index (χ1v) is 4.06. The van der Waals surface area contributed by atoms with Crippen LogP contribution in [0.5, 0.6) is 0 Å². The molecule has 0 atom stereocenters. The highest BCUT2D eigenvalue weighted by Gasteiger charge is 2.07. The smallest absolute Gasteiger partial charge is 0.151 e. The van der Waals surface area contributed by atoms with Crippen LogP contribution in [0.2, 0.25) is 5.15 Å². The lowest BCUT2D eigenvalue weighted by atomic mass is 10.1. The molecule has 0 spiro atoms. The van der Waals surface area contributed by atoms with Crippen molar-refractivity contribution < 1.29 is 4.39 Å². The maximum absolute atomic E-state index is 13.2. The highest BCUT2D eigenvalue weighted by Crippen LogP contribution is 2.27. The molecule has 0 aliphatic carbocycles. The van der Waals surface area contributed by atoms with E-state index in [-0.39, 0.29) is 5.15 Å². The van der Waals surface area contributed by atoms with Crippen molar-refractivity contribution in [2.24, 2.45) is 0 Å². The van der Waals surface area contributed by atoms with Gasteiger partial charge < -0.3 is 5.73 Å². The summed E-state index contributed by atoms with van der Waals surface area (Å²) in [6.45, 7) is 0. The number of fused-ring (bicyclic) bond motifs is 1. The maximum atomic E-state index is 13.2. The Morgan fingerprint density at radius 1 is 1.38 bits per heavy atom. The molecule has 0 saturated heterocycles. The number of halogens is 2. The lowest BCUT2D eigenvalue weighted by Gasteiger charge is -2.03. The van der Waals surface area contributed by atoms with E-state index in [0.29, 0.717) is 16.5 Å². The third-order valence-electron chi connectivity index (χ3n) is 1.85. The minimum Gasteiger partial charge on any atom is -0.398 e. The summed E-state index contributed by atoms with van der Waals surface area (Å²) >= 11 is 5.77. The van der Waals surface area contributed by atoms with Gasteiger partial charge in [-0.05, 0) is 6.07 Å². The molecule has 4 heteroatoms. The number of nitrogens with two attached hydrogens (primary N) is 1. The largest absolute Gasteiger partial charge is 0.398 e. The van der Waals surface area contributed by atoms with Crippen LogP contribution in [-0.2, 0) is 0 Å². The number of benzene rings is 1. The van der Waals surface area contributed by atoms with E-state index in [1.807, 2.05) is 0 Å². The Morgan fingerprint density at radius 2 is 2.15 bits per heavy atom. The first kappa shape index (κ1) is 8.26. The van der Waals surface area contributed by atoms with Gasteiger partial charge in [0.25, 0.3) is 0 Å². The Bertz CT molecular complexity index is 462. The molecule has 13 heavy (non-hydrogen) atoms. The summed E-state index contributed by atoms with van der Waals surface area (Å²) in [6, 6.07) is 5.02. The van der Waals surface area contributed by atoms with Gasteiger partial charge >= 0.3 is 0 Å². The summed E-state index contributed by atoms with van der Waals surface area (Å²) in [5.41, 5.74) is 5.97. The summed E-state index contributed by atoms with van der Waals surface area (Å²) in [6.07, 6.45) is 1.07. The second-order valence-electron chi connectivity index (χ2n) is 2.67. The normalized spacial score (nSPS) is 10.6. The first-order chi connectivity index (χ1) is 6.20. The second kappa shape index (κ2) is 2.85. The van der Waals surface area contributed by atoms with Gasteiger partial charge in [-0.15, -0.1) is 0 Å². The van der Waals surface area contributed by atoms with E-state index in [9.17, 15) is 4.39 Å². The Morgan fingerprint density at radius 3 is 2.85 bits per heavy atom. The second-order valence-corrected chi connectivity index (χ2v) is 3.02. The van der Waals surface area contributed by atoms with Gasteiger partial charge in [-0.2, -0.15) is 0 Å². The number of pyridine rings is 1. The van der Waals surface area contributed by atoms with Crippen LogP contribution in [0.1, 0.15) is 0 Å². The van der Waals surface area contributed by atoms with Crippen LogP contribution in [0.3, 0.4) is 0 Å². The quantitative estimate of drug-likeness (QED) is 0.520. The summed E-state index contributed by atoms with van der Waals surface area (Å²) in [5.74, 6) is -0.447. The number of hydrogen-bond acceptors (Lipinski definition) is 2. The fourth-order valence-electron chi connectivity index (χ4n) is 1.26. The molecule has 0 aliphatic rings. The number of anilines is 1. The van der Waals surface area contributed by atoms with Gasteiger partial charge in [0.1, 0.15) is 5.15 Å². The Kier molecular flexibility index (Phi) is 1.81. The van der Waals surface area contributed by atoms with Crippen molar-refractivity contribution in [3.63, 3.8) is 0 Å². The van der Waals surface area contributed by atoms with Crippen LogP contribution in [0.15, 0.2) is 24.4 Å². The molecule has 2 nitrogen and oxygen atoms in total. The highest BCUT2D eigenvalue weighted by atomic mass is 35.5. The standard InChI is InChI=1S/C9H6ClFN2/c10-9-5-2-1-3-7(12)8(5)6(11)4-13-9/h1-4H,12H2. The van der Waals surface area contributed by atoms with Crippen LogP contribution < -0.4 is 5.73 Å². The average molecular weight is 197 g/mol. The molecule has 0 unspecified atom stereocenters. The molecule has 0 saturated carbocycles. The highest BCUT2D eigenvalue weighted by molar-refractivity contribution is 6.34. The molecular weight excluding hydrogens is 191 g/mol. The molecule has 0 bridgehead atoms. The molecule has 1 heterocycles. The summed E-state index contributed by atoms with van der Waals surface area (Å²) in [7, 11) is 0. The molecule has 0 radical (unpaired) electrons. The summed E-state index contributed by atoms with van der Waals surface area (Å²) in [5, 5.41) is 1.15. The van der Waals surface area contributed by atoms with Crippen molar-refractivity contribution in [2.45, 2.75) is 0 Å². The molecule has 2 aromatic rings. The van der Waals surface area contributed by atoms with Crippen LogP contribution in [0, 0.1) is 5.82 Å². The van der Waals surface area contributed by atoms with E-state index >= 15 is 0 Å². The van der Waals surface area contributed by atoms with Crippen LogP contribution in [0.4, 0.5) is 10.1 Å². The van der Waals surface area contributed by atoms with E-state index < -0.39 is 5.82 Å². The van der Waals surface area contributed by atoms with Crippen molar-refractivity contribution in [3.8, 4) is 0 Å². The molecule has 0 aliphatic heterocycles. The Labute approximate surface area is 79.1 Å². The number of nitrogens with zero attached hydrogens (tertiary/aromatic N) is 1. The van der Waals surface area contributed by atoms with Gasteiger partial charge in [-0.25, -0.2) is 9.37 Å². The zero-order valence-electron chi connectivity index (χ0n) is 6.59. The van der Waals surface area contributed by atoms with E-state index in [1.165, 1.54) is 0 Å². The van der Waals surface area contributed by atoms with Gasteiger partial charge in [0.2, 0.25) is 0 Å². The number of hydrogen-bond donors (Lipinski definition) is 1. The predicted octanol–water partition coefficient (Wildman–Crippen LogP) is 2.61. The van der Waals surface area contributed by atoms with Gasteiger partial charge in [0.15, 0.2) is 5.82 Å². The number of nitrogen functional groups attached to an aromatic ring is 1. The van der Waals surface area contributed by atoms with E-state index in [2.05, 4.69) is 4.98 Å². The first-order valence-electron chi connectivity index (χ1n) is 3.68. The molecule has 2 N–H and O–H groups in total. The Balaban J connectivity index is 3.00. The SMILES string of the molecule is Nc1cccc2c(Cl)ncc(F)c12. The lowest BCUT2D eigenvalue weighted by molar-refractivity contribution is 0.634. The van der Waals surface area contributed by atoms with Crippen LogP contribution >= 0.6 is 11.6 Å². The van der Waals surface area contributed by atoms with Gasteiger partial charge in [0, 0.05) is 16.5 Å². The molecular formula is C9H6ClFN2. The molecule has 1 aromatic carbocycles. The van der Waals surface area contributed by atoms with Crippen molar-refractivity contribution in [1.29, 1.82) is 0 Å². The Hall–Kier alpha value is -1.35. The predicted molar refractivity (Wildman–Crippen MR) is 51.1 cm³/mol. The molecule has 0 fully saturated rings. The van der Waals surface area contributed by atoms with E-state index in [0.717, 1.165) is 6.20 Å². The fourth-order valence-corrected chi connectivity index (χ4v) is 1.46. The molecule has 66 valence electrons. The van der Waals surface area contributed by atoms with Gasteiger partial charge in [-0.1, -0.05) is 23.7 Å². The summed E-state index contributed by atoms with van der Waals surface area (Å²) < 4.78 is 13.2. The molecule has 2 rings (SSSR count). The van der Waals surface area contributed by atoms with Crippen molar-refractivity contribution >= 4 is 28.1 Å². The van der Waals surface area contributed by atoms with E-state index in [1.54, 1.807) is 18.2 Å². The number of aromatic nitrogens is 1.